The van der Waals surface area contributed by atoms with E-state index in [0.29, 0.717) is 0 Å². The Morgan fingerprint density at radius 3 is 2.81 bits per heavy atom. The van der Waals surface area contributed by atoms with Crippen LogP contribution in [0, 0.1) is 6.92 Å². The van der Waals surface area contributed by atoms with E-state index in [0.717, 1.165) is 30.8 Å². The highest BCUT2D eigenvalue weighted by molar-refractivity contribution is 5.43. The molecule has 1 atom stereocenters. The van der Waals surface area contributed by atoms with Gasteiger partial charge in [0.15, 0.2) is 0 Å². The first kappa shape index (κ1) is 15.6. The number of aryl methyl sites for hydroxylation is 2. The smallest absolute Gasteiger partial charge is 0.124 e. The fourth-order valence-corrected chi connectivity index (χ4v) is 2.57. The lowest BCUT2D eigenvalue weighted by Gasteiger charge is -2.20. The monoisotopic (exact) mass is 287 g/mol. The Balaban J connectivity index is 2.39. The van der Waals surface area contributed by atoms with Crippen LogP contribution in [0.4, 0.5) is 0 Å². The maximum atomic E-state index is 5.54. The normalized spacial score (nSPS) is 12.4. The number of rotatable bonds is 7. The molecule has 0 aliphatic carbocycles. The van der Waals surface area contributed by atoms with E-state index >= 15 is 0 Å². The second-order valence-corrected chi connectivity index (χ2v) is 5.27. The number of hydrogen-bond acceptors (Lipinski definition) is 3. The van der Waals surface area contributed by atoms with Gasteiger partial charge in [0, 0.05) is 23.9 Å². The lowest BCUT2D eigenvalue weighted by atomic mass is 9.98. The summed E-state index contributed by atoms with van der Waals surface area (Å²) in [4.78, 5) is 0. The van der Waals surface area contributed by atoms with Crippen LogP contribution in [0.25, 0.3) is 0 Å². The molecule has 4 heteroatoms. The molecule has 0 amide bonds. The maximum absolute atomic E-state index is 5.54. The number of nitrogens with zero attached hydrogens (tertiary/aromatic N) is 2. The number of methoxy groups -OCH3 is 1. The van der Waals surface area contributed by atoms with Crippen LogP contribution in [0.15, 0.2) is 30.6 Å². The molecule has 0 aliphatic rings. The van der Waals surface area contributed by atoms with Crippen LogP contribution in [0.5, 0.6) is 5.75 Å². The summed E-state index contributed by atoms with van der Waals surface area (Å²) in [5.41, 5.74) is 3.57. The van der Waals surface area contributed by atoms with Crippen molar-refractivity contribution in [1.29, 1.82) is 0 Å². The molecule has 4 nitrogen and oxygen atoms in total. The van der Waals surface area contributed by atoms with Crippen LogP contribution in [-0.2, 0) is 6.54 Å². The minimum absolute atomic E-state index is 0.107. The van der Waals surface area contributed by atoms with Gasteiger partial charge in [0.25, 0.3) is 0 Å². The summed E-state index contributed by atoms with van der Waals surface area (Å²) < 4.78 is 7.54. The summed E-state index contributed by atoms with van der Waals surface area (Å²) in [5.74, 6) is 0.912. The van der Waals surface area contributed by atoms with Crippen molar-refractivity contribution < 1.29 is 4.74 Å². The van der Waals surface area contributed by atoms with Crippen LogP contribution in [0.1, 0.15) is 43.0 Å². The van der Waals surface area contributed by atoms with E-state index in [9.17, 15) is 0 Å². The molecule has 1 aromatic heterocycles. The van der Waals surface area contributed by atoms with Gasteiger partial charge in [0.2, 0.25) is 0 Å². The summed E-state index contributed by atoms with van der Waals surface area (Å²) in [5, 5.41) is 7.99. The Kier molecular flexibility index (Phi) is 5.39. The van der Waals surface area contributed by atoms with Crippen LogP contribution in [-0.4, -0.2) is 23.4 Å². The largest absolute Gasteiger partial charge is 0.496 e. The zero-order valence-electron chi connectivity index (χ0n) is 13.4. The highest BCUT2D eigenvalue weighted by Gasteiger charge is 2.19. The average molecular weight is 287 g/mol. The first-order valence-electron chi connectivity index (χ1n) is 7.59. The van der Waals surface area contributed by atoms with E-state index in [-0.39, 0.29) is 6.04 Å². The fraction of sp³-hybridized carbons (Fsp3) is 0.471. The van der Waals surface area contributed by atoms with Crippen molar-refractivity contribution in [2.24, 2.45) is 0 Å². The molecule has 0 saturated heterocycles. The summed E-state index contributed by atoms with van der Waals surface area (Å²) in [6.45, 7) is 8.22. The third kappa shape index (κ3) is 3.64. The Labute approximate surface area is 127 Å². The Hall–Kier alpha value is -1.81. The van der Waals surface area contributed by atoms with Gasteiger partial charge in [-0.1, -0.05) is 31.5 Å². The quantitative estimate of drug-likeness (QED) is 0.849. The Morgan fingerprint density at radius 1 is 1.33 bits per heavy atom. The van der Waals surface area contributed by atoms with Crippen LogP contribution < -0.4 is 10.1 Å². The van der Waals surface area contributed by atoms with Crippen molar-refractivity contribution in [3.63, 3.8) is 0 Å². The molecule has 2 rings (SSSR count). The molecule has 0 radical (unpaired) electrons. The van der Waals surface area contributed by atoms with E-state index < -0.39 is 0 Å². The highest BCUT2D eigenvalue weighted by Crippen LogP contribution is 2.30. The summed E-state index contributed by atoms with van der Waals surface area (Å²) in [6, 6.07) is 6.40. The molecular formula is C17H25N3O. The molecule has 1 unspecified atom stereocenters. The number of aromatic nitrogens is 2. The van der Waals surface area contributed by atoms with Crippen molar-refractivity contribution in [3.05, 3.63) is 47.3 Å². The standard InChI is InChI=1S/C17H25N3O/c1-5-9-20-12-14(11-19-20)17(18-6-2)15-10-13(3)7-8-16(15)21-4/h7-8,10-12,17-18H,5-6,9H2,1-4H3. The molecule has 1 N–H and O–H groups in total. The molecule has 0 aliphatic heterocycles. The lowest BCUT2D eigenvalue weighted by Crippen LogP contribution is -2.22. The first-order chi connectivity index (χ1) is 10.2. The molecule has 0 spiro atoms. The van der Waals surface area contributed by atoms with Crippen LogP contribution >= 0.6 is 0 Å². The van der Waals surface area contributed by atoms with Gasteiger partial charge >= 0.3 is 0 Å². The van der Waals surface area contributed by atoms with Crippen LogP contribution in [0.2, 0.25) is 0 Å². The molecule has 1 heterocycles. The van der Waals surface area contributed by atoms with Crippen molar-refractivity contribution in [2.75, 3.05) is 13.7 Å². The number of hydrogen-bond donors (Lipinski definition) is 1. The van der Waals surface area contributed by atoms with E-state index in [4.69, 9.17) is 4.74 Å². The minimum atomic E-state index is 0.107. The average Bonchev–Trinajstić information content (AvgIpc) is 2.93. The van der Waals surface area contributed by atoms with Gasteiger partial charge in [-0.25, -0.2) is 0 Å². The van der Waals surface area contributed by atoms with Gasteiger partial charge in [-0.2, -0.15) is 5.10 Å². The Morgan fingerprint density at radius 2 is 2.14 bits per heavy atom. The SMILES string of the molecule is CCCn1cc(C(NCC)c2cc(C)ccc2OC)cn1. The van der Waals surface area contributed by atoms with Crippen LogP contribution in [0.3, 0.4) is 0 Å². The molecule has 21 heavy (non-hydrogen) atoms. The number of nitrogens with one attached hydrogen (secondary N) is 1. The number of ether oxygens (including phenoxy) is 1. The molecule has 0 fully saturated rings. The summed E-state index contributed by atoms with van der Waals surface area (Å²) in [7, 11) is 1.72. The molecule has 1 aromatic carbocycles. The van der Waals surface area contributed by atoms with E-state index in [2.05, 4.69) is 49.5 Å². The molecular weight excluding hydrogens is 262 g/mol. The van der Waals surface area contributed by atoms with E-state index in [1.165, 1.54) is 11.1 Å². The third-order valence-electron chi connectivity index (χ3n) is 3.54. The summed E-state index contributed by atoms with van der Waals surface area (Å²) >= 11 is 0. The number of benzene rings is 1. The molecule has 114 valence electrons. The predicted molar refractivity (Wildman–Crippen MR) is 85.8 cm³/mol. The van der Waals surface area contributed by atoms with Gasteiger partial charge in [-0.3, -0.25) is 4.68 Å². The summed E-state index contributed by atoms with van der Waals surface area (Å²) in [6.07, 6.45) is 5.16. The van der Waals surface area contributed by atoms with Crippen molar-refractivity contribution in [3.8, 4) is 5.75 Å². The van der Waals surface area contributed by atoms with Gasteiger partial charge in [-0.05, 0) is 26.0 Å². The second kappa shape index (κ2) is 7.27. The zero-order chi connectivity index (χ0) is 15.2. The van der Waals surface area contributed by atoms with Gasteiger partial charge < -0.3 is 10.1 Å². The first-order valence-corrected chi connectivity index (χ1v) is 7.59. The molecule has 2 aromatic rings. The minimum Gasteiger partial charge on any atom is -0.496 e. The molecule has 0 bridgehead atoms. The lowest BCUT2D eigenvalue weighted by molar-refractivity contribution is 0.404. The second-order valence-electron chi connectivity index (χ2n) is 5.27. The van der Waals surface area contributed by atoms with Crippen molar-refractivity contribution in [2.45, 2.75) is 39.8 Å². The highest BCUT2D eigenvalue weighted by atomic mass is 16.5. The van der Waals surface area contributed by atoms with E-state index in [1.807, 2.05) is 16.9 Å². The topological polar surface area (TPSA) is 39.1 Å². The van der Waals surface area contributed by atoms with Crippen molar-refractivity contribution in [1.82, 2.24) is 15.1 Å². The Bertz CT molecular complexity index is 577. The molecule has 0 saturated carbocycles. The van der Waals surface area contributed by atoms with Gasteiger partial charge in [0.1, 0.15) is 5.75 Å². The van der Waals surface area contributed by atoms with Gasteiger partial charge in [-0.15, -0.1) is 0 Å². The fourth-order valence-electron chi connectivity index (χ4n) is 2.57. The van der Waals surface area contributed by atoms with Crippen molar-refractivity contribution >= 4 is 0 Å². The zero-order valence-corrected chi connectivity index (χ0v) is 13.4. The van der Waals surface area contributed by atoms with E-state index in [1.54, 1.807) is 7.11 Å². The third-order valence-corrected chi connectivity index (χ3v) is 3.54. The van der Waals surface area contributed by atoms with Gasteiger partial charge in [0.05, 0.1) is 19.3 Å². The predicted octanol–water partition coefficient (Wildman–Crippen LogP) is 3.31. The maximum Gasteiger partial charge on any atom is 0.124 e.